The first-order valence-corrected chi connectivity index (χ1v) is 7.18. The molecule has 1 amide bonds. The minimum absolute atomic E-state index is 0.0375. The zero-order valence-corrected chi connectivity index (χ0v) is 12.1. The third-order valence-corrected chi connectivity index (χ3v) is 3.69. The average Bonchev–Trinajstić information content (AvgIpc) is 2.64. The van der Waals surface area contributed by atoms with Crippen LogP contribution in [0, 0.1) is 0 Å². The Morgan fingerprint density at radius 3 is 2.85 bits per heavy atom. The van der Waals surface area contributed by atoms with Crippen LogP contribution in [-0.4, -0.2) is 55.5 Å². The standard InChI is InChI=1S/C15H24N4O/c1-18-7-4-8-19(10-9-18)12-15(20)17-14-6-3-2-5-13(14)11-16/h2-3,5-6H,4,7-12,16H2,1H3,(H,17,20). The summed E-state index contributed by atoms with van der Waals surface area (Å²) in [6.07, 6.45) is 1.11. The van der Waals surface area contributed by atoms with E-state index in [0.29, 0.717) is 13.1 Å². The molecule has 0 spiro atoms. The molecule has 3 N–H and O–H groups in total. The summed E-state index contributed by atoms with van der Waals surface area (Å²) >= 11 is 0. The zero-order chi connectivity index (χ0) is 14.4. The molecule has 2 rings (SSSR count). The molecule has 1 heterocycles. The van der Waals surface area contributed by atoms with Crippen molar-refractivity contribution in [3.63, 3.8) is 0 Å². The first-order chi connectivity index (χ1) is 9.69. The number of amides is 1. The lowest BCUT2D eigenvalue weighted by molar-refractivity contribution is -0.117. The van der Waals surface area contributed by atoms with E-state index in [9.17, 15) is 4.79 Å². The molecule has 0 unspecified atom stereocenters. The van der Waals surface area contributed by atoms with E-state index >= 15 is 0 Å². The van der Waals surface area contributed by atoms with Crippen molar-refractivity contribution in [2.75, 3.05) is 45.1 Å². The predicted octanol–water partition coefficient (Wildman–Crippen LogP) is 0.721. The molecule has 0 aliphatic carbocycles. The molecule has 1 saturated heterocycles. The number of rotatable bonds is 4. The molecule has 5 heteroatoms. The highest BCUT2D eigenvalue weighted by molar-refractivity contribution is 5.93. The Kier molecular flexibility index (Phi) is 5.52. The average molecular weight is 276 g/mol. The van der Waals surface area contributed by atoms with Crippen molar-refractivity contribution in [2.24, 2.45) is 5.73 Å². The number of carbonyl (C=O) groups is 1. The first kappa shape index (κ1) is 15.0. The monoisotopic (exact) mass is 276 g/mol. The lowest BCUT2D eigenvalue weighted by Gasteiger charge is -2.19. The van der Waals surface area contributed by atoms with Gasteiger partial charge in [0.2, 0.25) is 5.91 Å². The summed E-state index contributed by atoms with van der Waals surface area (Å²) in [5.41, 5.74) is 7.47. The largest absolute Gasteiger partial charge is 0.326 e. The van der Waals surface area contributed by atoms with Gasteiger partial charge in [0.25, 0.3) is 0 Å². The van der Waals surface area contributed by atoms with Crippen LogP contribution in [-0.2, 0) is 11.3 Å². The number of para-hydroxylation sites is 1. The summed E-state index contributed by atoms with van der Waals surface area (Å²) in [7, 11) is 2.13. The fraction of sp³-hybridized carbons (Fsp3) is 0.533. The SMILES string of the molecule is CN1CCCN(CC(=O)Nc2ccccc2CN)CC1. The van der Waals surface area contributed by atoms with Crippen LogP contribution >= 0.6 is 0 Å². The maximum Gasteiger partial charge on any atom is 0.238 e. The van der Waals surface area contributed by atoms with Crippen molar-refractivity contribution in [3.8, 4) is 0 Å². The van der Waals surface area contributed by atoms with E-state index in [1.807, 2.05) is 24.3 Å². The topological polar surface area (TPSA) is 61.6 Å². The van der Waals surface area contributed by atoms with Gasteiger partial charge in [0.15, 0.2) is 0 Å². The van der Waals surface area contributed by atoms with Gasteiger partial charge in [-0.05, 0) is 38.2 Å². The summed E-state index contributed by atoms with van der Waals surface area (Å²) in [4.78, 5) is 16.7. The number of hydrogen-bond acceptors (Lipinski definition) is 4. The van der Waals surface area contributed by atoms with E-state index in [0.717, 1.165) is 43.9 Å². The quantitative estimate of drug-likeness (QED) is 0.851. The molecule has 110 valence electrons. The van der Waals surface area contributed by atoms with Gasteiger partial charge in [-0.25, -0.2) is 0 Å². The third kappa shape index (κ3) is 4.30. The molecule has 1 aromatic carbocycles. The minimum atomic E-state index is 0.0375. The second-order valence-corrected chi connectivity index (χ2v) is 5.34. The van der Waals surface area contributed by atoms with E-state index in [4.69, 9.17) is 5.73 Å². The molecule has 1 aromatic rings. The third-order valence-electron chi connectivity index (χ3n) is 3.69. The number of carbonyl (C=O) groups excluding carboxylic acids is 1. The van der Waals surface area contributed by atoms with Crippen LogP contribution in [0.2, 0.25) is 0 Å². The Labute approximate surface area is 120 Å². The van der Waals surface area contributed by atoms with Crippen molar-refractivity contribution in [3.05, 3.63) is 29.8 Å². The number of anilines is 1. The molecule has 0 radical (unpaired) electrons. The second-order valence-electron chi connectivity index (χ2n) is 5.34. The fourth-order valence-corrected chi connectivity index (χ4v) is 2.47. The molecule has 20 heavy (non-hydrogen) atoms. The highest BCUT2D eigenvalue weighted by Gasteiger charge is 2.15. The van der Waals surface area contributed by atoms with E-state index < -0.39 is 0 Å². The summed E-state index contributed by atoms with van der Waals surface area (Å²) in [6, 6.07) is 7.69. The van der Waals surface area contributed by atoms with Crippen LogP contribution in [0.25, 0.3) is 0 Å². The molecule has 1 aliphatic rings. The van der Waals surface area contributed by atoms with Gasteiger partial charge in [0.1, 0.15) is 0 Å². The lowest BCUT2D eigenvalue weighted by Crippen LogP contribution is -2.36. The molecule has 1 fully saturated rings. The normalized spacial score (nSPS) is 17.7. The van der Waals surface area contributed by atoms with Crippen molar-refractivity contribution < 1.29 is 4.79 Å². The number of nitrogens with two attached hydrogens (primary N) is 1. The van der Waals surface area contributed by atoms with Gasteiger partial charge in [0.05, 0.1) is 6.54 Å². The van der Waals surface area contributed by atoms with Gasteiger partial charge < -0.3 is 16.0 Å². The summed E-state index contributed by atoms with van der Waals surface area (Å²) < 4.78 is 0. The molecular weight excluding hydrogens is 252 g/mol. The number of nitrogens with zero attached hydrogens (tertiary/aromatic N) is 2. The maximum atomic E-state index is 12.1. The van der Waals surface area contributed by atoms with Crippen molar-refractivity contribution in [1.29, 1.82) is 0 Å². The predicted molar refractivity (Wildman–Crippen MR) is 81.5 cm³/mol. The van der Waals surface area contributed by atoms with Gasteiger partial charge in [-0.15, -0.1) is 0 Å². The summed E-state index contributed by atoms with van der Waals surface area (Å²) in [5.74, 6) is 0.0375. The van der Waals surface area contributed by atoms with Gasteiger partial charge >= 0.3 is 0 Å². The minimum Gasteiger partial charge on any atom is -0.326 e. The van der Waals surface area contributed by atoms with Gasteiger partial charge in [-0.3, -0.25) is 9.69 Å². The van der Waals surface area contributed by atoms with E-state index in [1.165, 1.54) is 0 Å². The van der Waals surface area contributed by atoms with Crippen LogP contribution in [0.4, 0.5) is 5.69 Å². The number of benzene rings is 1. The fourth-order valence-electron chi connectivity index (χ4n) is 2.47. The van der Waals surface area contributed by atoms with Gasteiger partial charge in [0, 0.05) is 25.3 Å². The number of nitrogens with one attached hydrogen (secondary N) is 1. The van der Waals surface area contributed by atoms with Crippen molar-refractivity contribution in [2.45, 2.75) is 13.0 Å². The lowest BCUT2D eigenvalue weighted by atomic mass is 10.2. The Bertz CT molecular complexity index is 449. The highest BCUT2D eigenvalue weighted by atomic mass is 16.2. The number of likely N-dealkylation sites (N-methyl/N-ethyl adjacent to an activating group) is 1. The van der Waals surface area contributed by atoms with Crippen molar-refractivity contribution in [1.82, 2.24) is 9.80 Å². The van der Waals surface area contributed by atoms with Crippen LogP contribution in [0.3, 0.4) is 0 Å². The molecular formula is C15H24N4O. The van der Waals surface area contributed by atoms with Crippen LogP contribution in [0.1, 0.15) is 12.0 Å². The summed E-state index contributed by atoms with van der Waals surface area (Å²) in [6.45, 7) is 4.94. The molecule has 0 aromatic heterocycles. The molecule has 1 aliphatic heterocycles. The highest BCUT2D eigenvalue weighted by Crippen LogP contribution is 2.14. The smallest absolute Gasteiger partial charge is 0.238 e. The Balaban J connectivity index is 1.88. The zero-order valence-electron chi connectivity index (χ0n) is 12.1. The van der Waals surface area contributed by atoms with Crippen molar-refractivity contribution >= 4 is 11.6 Å². The van der Waals surface area contributed by atoms with Crippen LogP contribution in [0.15, 0.2) is 24.3 Å². The van der Waals surface area contributed by atoms with E-state index in [1.54, 1.807) is 0 Å². The van der Waals surface area contributed by atoms with E-state index in [-0.39, 0.29) is 5.91 Å². The number of hydrogen-bond donors (Lipinski definition) is 2. The molecule has 0 bridgehead atoms. The van der Waals surface area contributed by atoms with Gasteiger partial charge in [-0.2, -0.15) is 0 Å². The van der Waals surface area contributed by atoms with Gasteiger partial charge in [-0.1, -0.05) is 18.2 Å². The Morgan fingerprint density at radius 1 is 1.25 bits per heavy atom. The molecule has 5 nitrogen and oxygen atoms in total. The maximum absolute atomic E-state index is 12.1. The molecule has 0 atom stereocenters. The van der Waals surface area contributed by atoms with Crippen LogP contribution < -0.4 is 11.1 Å². The first-order valence-electron chi connectivity index (χ1n) is 7.18. The molecule has 0 saturated carbocycles. The Morgan fingerprint density at radius 2 is 2.05 bits per heavy atom. The Hall–Kier alpha value is -1.43. The van der Waals surface area contributed by atoms with E-state index in [2.05, 4.69) is 22.2 Å². The second kappa shape index (κ2) is 7.38. The van der Waals surface area contributed by atoms with Crippen LogP contribution in [0.5, 0.6) is 0 Å². The summed E-state index contributed by atoms with van der Waals surface area (Å²) in [5, 5.41) is 2.97.